The van der Waals surface area contributed by atoms with Gasteiger partial charge in [0, 0.05) is 69.2 Å². The van der Waals surface area contributed by atoms with Gasteiger partial charge in [0.25, 0.3) is 0 Å². The normalized spacial score (nSPS) is 34.4. The van der Waals surface area contributed by atoms with Crippen LogP contribution < -0.4 is 0 Å². The summed E-state index contributed by atoms with van der Waals surface area (Å²) in [6.45, 7) is 12.1. The van der Waals surface area contributed by atoms with Gasteiger partial charge < -0.3 is 80.5 Å². The Labute approximate surface area is 406 Å². The summed E-state index contributed by atoms with van der Waals surface area (Å²) in [5, 5.41) is 0. The maximum Gasteiger partial charge on any atom is 0.303 e. The Kier molecular flexibility index (Phi) is 21.0. The van der Waals surface area contributed by atoms with Gasteiger partial charge in [-0.1, -0.05) is 0 Å². The van der Waals surface area contributed by atoms with Crippen molar-refractivity contribution in [1.82, 2.24) is 0 Å². The van der Waals surface area contributed by atoms with Crippen LogP contribution in [-0.4, -0.2) is 183 Å². The van der Waals surface area contributed by atoms with E-state index in [4.69, 9.17) is 80.5 Å². The second-order valence-electron chi connectivity index (χ2n) is 16.5. The van der Waals surface area contributed by atoms with E-state index in [1.807, 2.05) is 0 Å². The third-order valence-corrected chi connectivity index (χ3v) is 10.4. The molecule has 71 heavy (non-hydrogen) atoms. The first-order valence-electron chi connectivity index (χ1n) is 22.1. The van der Waals surface area contributed by atoms with Crippen LogP contribution in [-0.2, 0) is 128 Å². The lowest BCUT2D eigenvalue weighted by molar-refractivity contribution is -0.379. The van der Waals surface area contributed by atoms with Crippen LogP contribution in [0.5, 0.6) is 0 Å². The summed E-state index contributed by atoms with van der Waals surface area (Å²) < 4.78 is 99.1. The molecule has 27 nitrogen and oxygen atoms in total. The zero-order chi connectivity index (χ0) is 53.0. The number of esters is 10. The first kappa shape index (κ1) is 57.6. The predicted octanol–water partition coefficient (Wildman–Crippen LogP) is -0.151. The fourth-order valence-corrected chi connectivity index (χ4v) is 7.99. The summed E-state index contributed by atoms with van der Waals surface area (Å²) in [6, 6.07) is 0. The molecular weight excluding hydrogens is 960 g/mol. The molecule has 0 spiro atoms. The Morgan fingerprint density at radius 2 is 0.676 bits per heavy atom. The highest BCUT2D eigenvalue weighted by molar-refractivity contribution is 5.70. The first-order chi connectivity index (χ1) is 33.2. The van der Waals surface area contributed by atoms with Crippen molar-refractivity contribution in [1.29, 1.82) is 0 Å². The van der Waals surface area contributed by atoms with Crippen LogP contribution in [0.4, 0.5) is 0 Å². The smallest absolute Gasteiger partial charge is 0.303 e. The molecular formula is C44H60O27. The van der Waals surface area contributed by atoms with Gasteiger partial charge in [-0.3, -0.25) is 47.9 Å². The standard InChI is InChI=1S/C44H60O27/c1-17-32(60-21(5)47)36(63-24(8)50)39(66-27(11)53)42(58-17)68-29-13-14-55-30(15-56-19(3)45)34(29)70-44-41(38(65-26(10)52)35(62-23(7)49)31(69-44)16-57-20(4)46)71-43-40(67-28(12)54)37(64-25(9)51)33(18(2)59-43)61-22(6)48/h13-14,17-18,29-44H,15-16H2,1-12H3/t17?,18?,29?,30?,31?,32-,33+,34-,35+,36?,37?,38+,39+,40+,41?,42-,43?,44+/m1/s1. The molecule has 18 atom stereocenters. The van der Waals surface area contributed by atoms with Crippen molar-refractivity contribution in [2.45, 2.75) is 194 Å². The molecule has 3 saturated heterocycles. The third-order valence-electron chi connectivity index (χ3n) is 10.4. The van der Waals surface area contributed by atoms with Crippen molar-refractivity contribution < 1.29 is 128 Å². The minimum absolute atomic E-state index is 0.567. The Morgan fingerprint density at radius 1 is 0.352 bits per heavy atom. The summed E-state index contributed by atoms with van der Waals surface area (Å²) in [7, 11) is 0. The maximum absolute atomic E-state index is 13.0. The van der Waals surface area contributed by atoms with Gasteiger partial charge in [0.1, 0.15) is 31.5 Å². The van der Waals surface area contributed by atoms with E-state index in [-0.39, 0.29) is 0 Å². The summed E-state index contributed by atoms with van der Waals surface area (Å²) in [6.07, 6.45) is -26.1. The van der Waals surface area contributed by atoms with Gasteiger partial charge in [0.2, 0.25) is 0 Å². The Hall–Kier alpha value is -6.00. The van der Waals surface area contributed by atoms with Crippen LogP contribution in [0, 0.1) is 0 Å². The molecule has 0 saturated carbocycles. The van der Waals surface area contributed by atoms with Gasteiger partial charge in [-0.05, 0) is 19.9 Å². The molecule has 0 radical (unpaired) electrons. The van der Waals surface area contributed by atoms with Crippen LogP contribution >= 0.6 is 0 Å². The fourth-order valence-electron chi connectivity index (χ4n) is 7.99. The number of hydrogen-bond acceptors (Lipinski definition) is 27. The van der Waals surface area contributed by atoms with E-state index in [1.54, 1.807) is 0 Å². The molecule has 4 aliphatic rings. The molecule has 0 aromatic carbocycles. The van der Waals surface area contributed by atoms with Crippen molar-refractivity contribution in [2.24, 2.45) is 0 Å². The van der Waals surface area contributed by atoms with Gasteiger partial charge >= 0.3 is 59.7 Å². The van der Waals surface area contributed by atoms with E-state index in [9.17, 15) is 47.9 Å². The molecule has 0 aromatic rings. The second kappa shape index (κ2) is 25.9. The van der Waals surface area contributed by atoms with Crippen LogP contribution in [0.3, 0.4) is 0 Å². The van der Waals surface area contributed by atoms with E-state index in [1.165, 1.54) is 19.9 Å². The third kappa shape index (κ3) is 16.5. The van der Waals surface area contributed by atoms with Gasteiger partial charge in [-0.2, -0.15) is 0 Å². The van der Waals surface area contributed by atoms with Gasteiger partial charge in [-0.15, -0.1) is 0 Å². The van der Waals surface area contributed by atoms with Gasteiger partial charge in [-0.25, -0.2) is 0 Å². The van der Waals surface area contributed by atoms with Crippen LogP contribution in [0.15, 0.2) is 12.3 Å². The highest BCUT2D eigenvalue weighted by Crippen LogP contribution is 2.38. The molecule has 0 aromatic heterocycles. The zero-order valence-corrected chi connectivity index (χ0v) is 41.0. The number of ether oxygens (including phenoxy) is 17. The van der Waals surface area contributed by atoms with Crippen LogP contribution in [0.25, 0.3) is 0 Å². The van der Waals surface area contributed by atoms with Crippen molar-refractivity contribution >= 4 is 59.7 Å². The number of carbonyl (C=O) groups is 10. The lowest BCUT2D eigenvalue weighted by Gasteiger charge is -2.49. The van der Waals surface area contributed by atoms with Crippen molar-refractivity contribution in [3.05, 3.63) is 12.3 Å². The van der Waals surface area contributed by atoms with E-state index >= 15 is 0 Å². The summed E-state index contributed by atoms with van der Waals surface area (Å²) in [5.74, 6) is -8.83. The highest BCUT2D eigenvalue weighted by atomic mass is 16.8. The molecule has 4 heterocycles. The quantitative estimate of drug-likeness (QED) is 0.127. The lowest BCUT2D eigenvalue weighted by Crippen LogP contribution is -2.67. The molecule has 398 valence electrons. The number of carbonyl (C=O) groups excluding carboxylic acids is 10. The molecule has 0 N–H and O–H groups in total. The largest absolute Gasteiger partial charge is 0.492 e. The molecule has 4 rings (SSSR count). The van der Waals surface area contributed by atoms with E-state index in [2.05, 4.69) is 0 Å². The molecule has 0 amide bonds. The molecule has 27 heteroatoms. The fraction of sp³-hybridized carbons (Fsp3) is 0.727. The van der Waals surface area contributed by atoms with Crippen molar-refractivity contribution in [2.75, 3.05) is 13.2 Å². The maximum atomic E-state index is 13.0. The topological polar surface area (TPSA) is 328 Å². The number of rotatable bonds is 18. The zero-order valence-electron chi connectivity index (χ0n) is 41.0. The minimum atomic E-state index is -1.97. The first-order valence-corrected chi connectivity index (χ1v) is 22.1. The lowest BCUT2D eigenvalue weighted by atomic mass is 9.96. The van der Waals surface area contributed by atoms with E-state index in [0.29, 0.717) is 0 Å². The summed E-state index contributed by atoms with van der Waals surface area (Å²) in [4.78, 5) is 125. The average Bonchev–Trinajstić information content (AvgIpc) is 3.23. The average molecular weight is 1020 g/mol. The SMILES string of the molecule is CC(=O)OCC1OC=CC(O[C@H]2OC(C)[C@@H](OC(C)=O)C(OC(C)=O)[C@@H]2OC(C)=O)[C@H]1O[C@@H]1OC(COC(C)=O)[C@H](OC(C)=O)[C@H](OC(C)=O)C1OC1OC(C)[C@H](OC(C)=O)C(OC(C)=O)[C@@H]1OC(C)=O. The van der Waals surface area contributed by atoms with E-state index < -0.39 is 183 Å². The molecule has 0 aliphatic carbocycles. The van der Waals surface area contributed by atoms with E-state index in [0.717, 1.165) is 75.5 Å². The van der Waals surface area contributed by atoms with Gasteiger partial charge in [0.05, 0.1) is 18.5 Å². The van der Waals surface area contributed by atoms with Crippen molar-refractivity contribution in [3.8, 4) is 0 Å². The Bertz CT molecular complexity index is 1990. The molecule has 0 bridgehead atoms. The minimum Gasteiger partial charge on any atom is -0.492 e. The van der Waals surface area contributed by atoms with Crippen molar-refractivity contribution in [3.63, 3.8) is 0 Å². The second-order valence-corrected chi connectivity index (χ2v) is 16.5. The highest BCUT2D eigenvalue weighted by Gasteiger charge is 2.59. The molecule has 9 unspecified atom stereocenters. The number of hydrogen-bond donors (Lipinski definition) is 0. The Morgan fingerprint density at radius 3 is 1.08 bits per heavy atom. The molecule has 4 aliphatic heterocycles. The van der Waals surface area contributed by atoms with Crippen LogP contribution in [0.1, 0.15) is 83.1 Å². The summed E-state index contributed by atoms with van der Waals surface area (Å²) >= 11 is 0. The van der Waals surface area contributed by atoms with Crippen LogP contribution in [0.2, 0.25) is 0 Å². The predicted molar refractivity (Wildman–Crippen MR) is 224 cm³/mol. The summed E-state index contributed by atoms with van der Waals surface area (Å²) in [5.41, 5.74) is 0. The molecule has 3 fully saturated rings. The Balaban J connectivity index is 1.92. The monoisotopic (exact) mass is 1020 g/mol. The van der Waals surface area contributed by atoms with Gasteiger partial charge in [0.15, 0.2) is 79.9 Å².